The van der Waals surface area contributed by atoms with E-state index in [2.05, 4.69) is 16.0 Å². The van der Waals surface area contributed by atoms with Gasteiger partial charge in [-0.3, -0.25) is 4.79 Å². The SMILES string of the molecule is C#CCNS(=O)(=O)c1ccc(C(=O)OC(C(=O)Nc2cc(C)ccc2OC)c2ccccc2)cc1. The maximum atomic E-state index is 13.2. The molecule has 1 unspecified atom stereocenters. The minimum absolute atomic E-state index is 0.0619. The zero-order valence-electron chi connectivity index (χ0n) is 19.1. The molecule has 9 heteroatoms. The number of ether oxygens (including phenoxy) is 2. The third-order valence-electron chi connectivity index (χ3n) is 4.94. The third-order valence-corrected chi connectivity index (χ3v) is 6.36. The van der Waals surface area contributed by atoms with Crippen LogP contribution in [0.3, 0.4) is 0 Å². The fourth-order valence-corrected chi connectivity index (χ4v) is 4.12. The number of sulfonamides is 1. The molecule has 0 spiro atoms. The first-order chi connectivity index (χ1) is 16.7. The molecule has 2 N–H and O–H groups in total. The van der Waals surface area contributed by atoms with Gasteiger partial charge in [-0.05, 0) is 48.9 Å². The van der Waals surface area contributed by atoms with Gasteiger partial charge in [0.05, 0.1) is 29.8 Å². The molecule has 35 heavy (non-hydrogen) atoms. The third kappa shape index (κ3) is 6.47. The molecule has 180 valence electrons. The first-order valence-corrected chi connectivity index (χ1v) is 12.0. The lowest BCUT2D eigenvalue weighted by molar-refractivity contribution is -0.125. The minimum Gasteiger partial charge on any atom is -0.495 e. The van der Waals surface area contributed by atoms with Gasteiger partial charge in [0.15, 0.2) is 0 Å². The number of methoxy groups -OCH3 is 1. The minimum atomic E-state index is -3.81. The Morgan fingerprint density at radius 3 is 2.34 bits per heavy atom. The summed E-state index contributed by atoms with van der Waals surface area (Å²) in [6, 6.07) is 19.0. The lowest BCUT2D eigenvalue weighted by Crippen LogP contribution is -2.26. The molecular formula is C26H24N2O6S. The van der Waals surface area contributed by atoms with Gasteiger partial charge in [0.2, 0.25) is 16.1 Å². The van der Waals surface area contributed by atoms with Crippen LogP contribution in [-0.2, 0) is 19.6 Å². The quantitative estimate of drug-likeness (QED) is 0.350. The number of nitrogens with one attached hydrogen (secondary N) is 2. The van der Waals surface area contributed by atoms with Crippen molar-refractivity contribution in [1.82, 2.24) is 4.72 Å². The molecule has 0 heterocycles. The van der Waals surface area contributed by atoms with E-state index in [1.165, 1.54) is 31.4 Å². The topological polar surface area (TPSA) is 111 Å². The van der Waals surface area contributed by atoms with Gasteiger partial charge in [-0.2, -0.15) is 4.72 Å². The van der Waals surface area contributed by atoms with Crippen LogP contribution in [0, 0.1) is 19.3 Å². The number of terminal acetylenes is 1. The molecule has 3 rings (SSSR count). The van der Waals surface area contributed by atoms with Crippen molar-refractivity contribution >= 4 is 27.6 Å². The van der Waals surface area contributed by atoms with E-state index in [1.54, 1.807) is 42.5 Å². The van der Waals surface area contributed by atoms with Crippen LogP contribution >= 0.6 is 0 Å². The Bertz CT molecular complexity index is 1350. The summed E-state index contributed by atoms with van der Waals surface area (Å²) in [5.41, 5.74) is 1.87. The van der Waals surface area contributed by atoms with Crippen LogP contribution in [0.5, 0.6) is 5.75 Å². The molecule has 1 amide bonds. The van der Waals surface area contributed by atoms with Gasteiger partial charge in [0.1, 0.15) is 5.75 Å². The summed E-state index contributed by atoms with van der Waals surface area (Å²) in [7, 11) is -2.32. The summed E-state index contributed by atoms with van der Waals surface area (Å²) in [5, 5.41) is 2.76. The zero-order valence-corrected chi connectivity index (χ0v) is 20.0. The Morgan fingerprint density at radius 1 is 1.03 bits per heavy atom. The molecule has 0 aliphatic rings. The molecule has 1 atom stereocenters. The van der Waals surface area contributed by atoms with Crippen molar-refractivity contribution in [3.05, 3.63) is 89.5 Å². The number of carbonyl (C=O) groups excluding carboxylic acids is 2. The summed E-state index contributed by atoms with van der Waals surface area (Å²) >= 11 is 0. The number of amides is 1. The number of anilines is 1. The number of rotatable bonds is 9. The Hall–Kier alpha value is -4.13. The van der Waals surface area contributed by atoms with Crippen LogP contribution in [0.2, 0.25) is 0 Å². The van der Waals surface area contributed by atoms with Crippen LogP contribution in [0.15, 0.2) is 77.7 Å². The molecule has 0 aliphatic carbocycles. The number of benzene rings is 3. The highest BCUT2D eigenvalue weighted by Crippen LogP contribution is 2.28. The van der Waals surface area contributed by atoms with Crippen molar-refractivity contribution in [2.75, 3.05) is 19.0 Å². The van der Waals surface area contributed by atoms with Crippen molar-refractivity contribution < 1.29 is 27.5 Å². The lowest BCUT2D eigenvalue weighted by Gasteiger charge is -2.19. The highest BCUT2D eigenvalue weighted by atomic mass is 32.2. The van der Waals surface area contributed by atoms with E-state index in [4.69, 9.17) is 15.9 Å². The number of hydrogen-bond acceptors (Lipinski definition) is 6. The predicted octanol–water partition coefficient (Wildman–Crippen LogP) is 3.45. The number of carbonyl (C=O) groups is 2. The van der Waals surface area contributed by atoms with E-state index in [-0.39, 0.29) is 17.0 Å². The second kappa shape index (κ2) is 11.3. The van der Waals surface area contributed by atoms with Gasteiger partial charge in [0, 0.05) is 5.56 Å². The van der Waals surface area contributed by atoms with Gasteiger partial charge in [0.25, 0.3) is 5.91 Å². The summed E-state index contributed by atoms with van der Waals surface area (Å²) in [5.74, 6) is 1.27. The lowest BCUT2D eigenvalue weighted by atomic mass is 10.1. The fourth-order valence-electron chi connectivity index (χ4n) is 3.18. The maximum Gasteiger partial charge on any atom is 0.339 e. The average Bonchev–Trinajstić information content (AvgIpc) is 2.86. The van der Waals surface area contributed by atoms with Crippen LogP contribution < -0.4 is 14.8 Å². The second-order valence-electron chi connectivity index (χ2n) is 7.44. The molecule has 0 saturated heterocycles. The molecule has 3 aromatic carbocycles. The van der Waals surface area contributed by atoms with Crippen LogP contribution in [-0.4, -0.2) is 33.9 Å². The Kier molecular flexibility index (Phi) is 8.25. The average molecular weight is 493 g/mol. The predicted molar refractivity (Wildman–Crippen MR) is 131 cm³/mol. The first kappa shape index (κ1) is 25.5. The van der Waals surface area contributed by atoms with Gasteiger partial charge in [-0.25, -0.2) is 13.2 Å². The standard InChI is InChI=1S/C26H24N2O6S/c1-4-16-27-35(31,32)21-13-11-20(12-14-21)26(30)34-24(19-8-6-5-7-9-19)25(29)28-22-17-18(2)10-15-23(22)33-3/h1,5-15,17,24,27H,16H2,2-3H3,(H,28,29). The van der Waals surface area contributed by atoms with Crippen molar-refractivity contribution in [2.24, 2.45) is 0 Å². The van der Waals surface area contributed by atoms with Gasteiger partial charge >= 0.3 is 5.97 Å². The zero-order chi connectivity index (χ0) is 25.4. The summed E-state index contributed by atoms with van der Waals surface area (Å²) in [4.78, 5) is 26.0. The molecule has 0 saturated carbocycles. The van der Waals surface area contributed by atoms with E-state index in [0.717, 1.165) is 5.56 Å². The van der Waals surface area contributed by atoms with E-state index in [0.29, 0.717) is 17.0 Å². The van der Waals surface area contributed by atoms with Crippen molar-refractivity contribution in [2.45, 2.75) is 17.9 Å². The highest BCUT2D eigenvalue weighted by Gasteiger charge is 2.27. The highest BCUT2D eigenvalue weighted by molar-refractivity contribution is 7.89. The van der Waals surface area contributed by atoms with Crippen LogP contribution in [0.1, 0.15) is 27.6 Å². The van der Waals surface area contributed by atoms with E-state index < -0.39 is 28.0 Å². The van der Waals surface area contributed by atoms with E-state index in [9.17, 15) is 18.0 Å². The van der Waals surface area contributed by atoms with E-state index in [1.807, 2.05) is 13.0 Å². The van der Waals surface area contributed by atoms with Gasteiger partial charge in [-0.15, -0.1) is 6.42 Å². The van der Waals surface area contributed by atoms with Crippen LogP contribution in [0.4, 0.5) is 5.69 Å². The molecule has 8 nitrogen and oxygen atoms in total. The van der Waals surface area contributed by atoms with Crippen LogP contribution in [0.25, 0.3) is 0 Å². The second-order valence-corrected chi connectivity index (χ2v) is 9.21. The first-order valence-electron chi connectivity index (χ1n) is 10.5. The van der Waals surface area contributed by atoms with Crippen molar-refractivity contribution in [1.29, 1.82) is 0 Å². The van der Waals surface area contributed by atoms with Gasteiger partial charge in [-0.1, -0.05) is 42.3 Å². The van der Waals surface area contributed by atoms with E-state index >= 15 is 0 Å². The molecule has 3 aromatic rings. The van der Waals surface area contributed by atoms with Crippen molar-refractivity contribution in [3.8, 4) is 18.1 Å². The Morgan fingerprint density at radius 2 is 1.71 bits per heavy atom. The summed E-state index contributed by atoms with van der Waals surface area (Å²) < 4.78 is 37.5. The molecule has 0 fully saturated rings. The molecule has 0 aromatic heterocycles. The maximum absolute atomic E-state index is 13.2. The monoisotopic (exact) mass is 492 g/mol. The molecule has 0 aliphatic heterocycles. The number of hydrogen-bond donors (Lipinski definition) is 2. The molecule has 0 radical (unpaired) electrons. The number of esters is 1. The summed E-state index contributed by atoms with van der Waals surface area (Å²) in [6.45, 7) is 1.71. The fraction of sp³-hybridized carbons (Fsp3) is 0.154. The Balaban J connectivity index is 1.84. The smallest absolute Gasteiger partial charge is 0.339 e. The molecular weight excluding hydrogens is 468 g/mol. The largest absolute Gasteiger partial charge is 0.495 e. The Labute approximate surface area is 204 Å². The van der Waals surface area contributed by atoms with Gasteiger partial charge < -0.3 is 14.8 Å². The number of aryl methyl sites for hydroxylation is 1. The molecule has 0 bridgehead atoms. The van der Waals surface area contributed by atoms with Crippen molar-refractivity contribution in [3.63, 3.8) is 0 Å². The normalized spacial score (nSPS) is 11.7. The summed E-state index contributed by atoms with van der Waals surface area (Å²) in [6.07, 6.45) is 3.82.